The first-order valence-corrected chi connectivity index (χ1v) is 3.76. The Bertz CT molecular complexity index is 44.3. The lowest BCUT2D eigenvalue weighted by Crippen LogP contribution is -1.85. The van der Waals surface area contributed by atoms with Gasteiger partial charge in [-0.05, 0) is 12.8 Å². The summed E-state index contributed by atoms with van der Waals surface area (Å²) >= 11 is 0. The lowest BCUT2D eigenvalue weighted by atomic mass is 10.3. The Morgan fingerprint density at radius 3 is 0.917 bits per heavy atom. The minimum atomic E-state index is -0.125. The lowest BCUT2D eigenvalue weighted by molar-refractivity contribution is 0.186. The fourth-order valence-electron chi connectivity index (χ4n) is 0.224. The molecule has 0 spiro atoms. The molecular weight excluding hydrogens is 160 g/mol. The van der Waals surface area contributed by atoms with Crippen molar-refractivity contribution in [1.29, 1.82) is 0 Å². The Labute approximate surface area is 73.8 Å². The number of unbranched alkanes of at least 4 members (excludes halogenated alkanes) is 1. The van der Waals surface area contributed by atoms with Crippen molar-refractivity contribution in [2.75, 3.05) is 26.4 Å². The molecule has 0 saturated heterocycles. The van der Waals surface area contributed by atoms with Crippen LogP contribution in [0.5, 0.6) is 0 Å². The third-order valence-corrected chi connectivity index (χ3v) is 0.666. The maximum absolute atomic E-state index is 8.09. The first kappa shape index (κ1) is 17.6. The molecular formula is C8H20O4. The zero-order valence-corrected chi connectivity index (χ0v) is 7.45. The van der Waals surface area contributed by atoms with Gasteiger partial charge in [0.25, 0.3) is 0 Å². The molecule has 0 unspecified atom stereocenters. The monoisotopic (exact) mass is 180 g/mol. The molecule has 0 amide bonds. The van der Waals surface area contributed by atoms with Crippen LogP contribution in [0.25, 0.3) is 0 Å². The van der Waals surface area contributed by atoms with E-state index in [4.69, 9.17) is 20.4 Å². The number of hydrogen-bond acceptors (Lipinski definition) is 4. The fourth-order valence-corrected chi connectivity index (χ4v) is 0.224. The van der Waals surface area contributed by atoms with E-state index >= 15 is 0 Å². The molecule has 0 atom stereocenters. The zero-order valence-electron chi connectivity index (χ0n) is 7.45. The van der Waals surface area contributed by atoms with E-state index in [0.717, 1.165) is 12.8 Å². The lowest BCUT2D eigenvalue weighted by Gasteiger charge is -1.85. The van der Waals surface area contributed by atoms with Crippen molar-refractivity contribution < 1.29 is 20.4 Å². The van der Waals surface area contributed by atoms with E-state index in [-0.39, 0.29) is 26.4 Å². The first-order valence-electron chi connectivity index (χ1n) is 3.76. The average molecular weight is 180 g/mol. The molecule has 0 heterocycles. The van der Waals surface area contributed by atoms with E-state index in [1.807, 2.05) is 0 Å². The van der Waals surface area contributed by atoms with E-state index in [0.29, 0.717) is 0 Å². The topological polar surface area (TPSA) is 80.9 Å². The Morgan fingerprint density at radius 1 is 0.583 bits per heavy atom. The van der Waals surface area contributed by atoms with Gasteiger partial charge in [-0.25, -0.2) is 0 Å². The van der Waals surface area contributed by atoms with Gasteiger partial charge in [-0.3, -0.25) is 0 Å². The van der Waals surface area contributed by atoms with Crippen molar-refractivity contribution in [1.82, 2.24) is 0 Å². The van der Waals surface area contributed by atoms with Gasteiger partial charge in [0.05, 0.1) is 13.2 Å². The molecule has 0 fully saturated rings. The summed E-state index contributed by atoms with van der Waals surface area (Å²) in [4.78, 5) is 0. The van der Waals surface area contributed by atoms with Gasteiger partial charge in [0.1, 0.15) is 0 Å². The van der Waals surface area contributed by atoms with E-state index in [9.17, 15) is 0 Å². The van der Waals surface area contributed by atoms with Gasteiger partial charge in [0, 0.05) is 13.2 Å². The van der Waals surface area contributed by atoms with Gasteiger partial charge in [0.2, 0.25) is 0 Å². The number of hydrogen-bond donors (Lipinski definition) is 4. The minimum Gasteiger partial charge on any atom is -0.396 e. The van der Waals surface area contributed by atoms with Crippen molar-refractivity contribution in [3.8, 4) is 0 Å². The van der Waals surface area contributed by atoms with Gasteiger partial charge < -0.3 is 20.4 Å². The maximum Gasteiger partial charge on any atom is 0.0662 e. The van der Waals surface area contributed by atoms with Gasteiger partial charge in [-0.1, -0.05) is 0 Å². The summed E-state index contributed by atoms with van der Waals surface area (Å²) in [5.74, 6) is 0. The highest BCUT2D eigenvalue weighted by Crippen LogP contribution is 1.80. The summed E-state index contributed by atoms with van der Waals surface area (Å²) in [6, 6.07) is 0. The van der Waals surface area contributed by atoms with Crippen molar-refractivity contribution in [3.63, 3.8) is 0 Å². The Balaban J connectivity index is -0.000000118. The highest BCUT2D eigenvalue weighted by Gasteiger charge is 1.77. The van der Waals surface area contributed by atoms with Crippen LogP contribution in [0, 0.1) is 0 Å². The molecule has 12 heavy (non-hydrogen) atoms. The predicted molar refractivity (Wildman–Crippen MR) is 48.8 cm³/mol. The Hall–Kier alpha value is -0.420. The van der Waals surface area contributed by atoms with Crippen molar-refractivity contribution in [2.45, 2.75) is 12.8 Å². The van der Waals surface area contributed by atoms with Crippen LogP contribution in [-0.4, -0.2) is 46.9 Å². The van der Waals surface area contributed by atoms with Crippen LogP contribution in [0.15, 0.2) is 13.2 Å². The summed E-state index contributed by atoms with van der Waals surface area (Å²) in [5, 5.41) is 31.4. The Morgan fingerprint density at radius 2 is 0.833 bits per heavy atom. The van der Waals surface area contributed by atoms with Gasteiger partial charge >= 0.3 is 0 Å². The molecule has 0 radical (unpaired) electrons. The molecule has 0 aromatic rings. The van der Waals surface area contributed by atoms with Crippen LogP contribution in [-0.2, 0) is 0 Å². The molecule has 4 nitrogen and oxygen atoms in total. The first-order chi connectivity index (χ1) is 5.83. The molecule has 0 aliphatic heterocycles. The average Bonchev–Trinajstić information content (AvgIpc) is 2.18. The van der Waals surface area contributed by atoms with Crippen LogP contribution < -0.4 is 0 Å². The fraction of sp³-hybridized carbons (Fsp3) is 0.750. The van der Waals surface area contributed by atoms with E-state index in [1.165, 1.54) is 0 Å². The standard InChI is InChI=1S/C4H10O2.C2H6O2.C2H4/c5-3-1-2-4-6;3-1-2-4;1-2/h5-6H,1-4H2;3-4H,1-2H2;1-2H2. The van der Waals surface area contributed by atoms with E-state index in [1.54, 1.807) is 0 Å². The molecule has 4 N–H and O–H groups in total. The molecule has 4 heteroatoms. The molecule has 0 aliphatic carbocycles. The number of aliphatic hydroxyl groups excluding tert-OH is 4. The molecule has 0 aliphatic rings. The number of rotatable bonds is 4. The van der Waals surface area contributed by atoms with Crippen molar-refractivity contribution in [3.05, 3.63) is 13.2 Å². The summed E-state index contributed by atoms with van der Waals surface area (Å²) in [7, 11) is 0. The van der Waals surface area contributed by atoms with Crippen molar-refractivity contribution in [2.24, 2.45) is 0 Å². The third kappa shape index (κ3) is 55.0. The summed E-state index contributed by atoms with van der Waals surface area (Å²) in [5.41, 5.74) is 0. The van der Waals surface area contributed by atoms with Crippen molar-refractivity contribution >= 4 is 0 Å². The summed E-state index contributed by atoms with van der Waals surface area (Å²) < 4.78 is 0. The zero-order chi connectivity index (χ0) is 10.2. The largest absolute Gasteiger partial charge is 0.396 e. The van der Waals surface area contributed by atoms with Crippen LogP contribution in [0.2, 0.25) is 0 Å². The molecule has 0 rings (SSSR count). The highest BCUT2D eigenvalue weighted by atomic mass is 16.3. The quantitative estimate of drug-likeness (QED) is 0.348. The van der Waals surface area contributed by atoms with Gasteiger partial charge in [-0.15, -0.1) is 13.2 Å². The predicted octanol–water partition coefficient (Wildman–Crippen LogP) is -0.476. The second-order valence-corrected chi connectivity index (χ2v) is 1.60. The van der Waals surface area contributed by atoms with E-state index in [2.05, 4.69) is 13.2 Å². The number of aliphatic hydroxyl groups is 4. The maximum atomic E-state index is 8.09. The second-order valence-electron chi connectivity index (χ2n) is 1.60. The molecule has 0 aromatic heterocycles. The van der Waals surface area contributed by atoms with Crippen LogP contribution in [0.4, 0.5) is 0 Å². The van der Waals surface area contributed by atoms with Crippen LogP contribution >= 0.6 is 0 Å². The smallest absolute Gasteiger partial charge is 0.0662 e. The van der Waals surface area contributed by atoms with E-state index < -0.39 is 0 Å². The highest BCUT2D eigenvalue weighted by molar-refractivity contribution is 4.30. The third-order valence-electron chi connectivity index (χ3n) is 0.666. The minimum absolute atomic E-state index is 0.125. The molecule has 76 valence electrons. The summed E-state index contributed by atoms with van der Waals surface area (Å²) in [6.07, 6.45) is 1.44. The molecule has 0 aromatic carbocycles. The second kappa shape index (κ2) is 31.2. The van der Waals surface area contributed by atoms with Crippen LogP contribution in [0.1, 0.15) is 12.8 Å². The SMILES string of the molecule is C=C.OCCCCO.OCCO. The van der Waals surface area contributed by atoms with Gasteiger partial charge in [-0.2, -0.15) is 0 Å². The van der Waals surface area contributed by atoms with Crippen LogP contribution in [0.3, 0.4) is 0 Å². The Kier molecular flexibility index (Phi) is 45.8. The summed E-state index contributed by atoms with van der Waals surface area (Å²) in [6.45, 7) is 6.14. The normalized spacial score (nSPS) is 7.33. The molecule has 0 bridgehead atoms. The van der Waals surface area contributed by atoms with Gasteiger partial charge in [0.15, 0.2) is 0 Å². The molecule has 0 saturated carbocycles.